The number of aromatic nitrogens is 4. The third-order valence-electron chi connectivity index (χ3n) is 4.16. The molecule has 3 heterocycles. The Morgan fingerprint density at radius 2 is 1.91 bits per heavy atom. The SMILES string of the molecule is CCCCS(=O)(=O)N1CCN(c2cnn3c(C)nnc3c2)CC1. The Balaban J connectivity index is 1.68. The first-order valence-corrected chi connectivity index (χ1v) is 9.53. The minimum absolute atomic E-state index is 0.246. The summed E-state index contributed by atoms with van der Waals surface area (Å²) in [5.74, 6) is 0.995. The third kappa shape index (κ3) is 3.30. The quantitative estimate of drug-likeness (QED) is 0.797. The van der Waals surface area contributed by atoms with E-state index < -0.39 is 10.0 Å². The molecule has 0 saturated carbocycles. The summed E-state index contributed by atoms with van der Waals surface area (Å²) in [4.78, 5) is 2.14. The molecule has 0 radical (unpaired) electrons. The Bertz CT molecular complexity index is 780. The number of hydrogen-bond donors (Lipinski definition) is 0. The molecule has 0 atom stereocenters. The molecule has 2 aromatic heterocycles. The van der Waals surface area contributed by atoms with Crippen LogP contribution in [-0.2, 0) is 10.0 Å². The van der Waals surface area contributed by atoms with Gasteiger partial charge >= 0.3 is 0 Å². The molecule has 9 heteroatoms. The summed E-state index contributed by atoms with van der Waals surface area (Å²) in [5.41, 5.74) is 1.66. The van der Waals surface area contributed by atoms with E-state index in [0.29, 0.717) is 31.8 Å². The molecular weight excluding hydrogens is 316 g/mol. The average molecular weight is 338 g/mol. The molecule has 0 spiro atoms. The number of anilines is 1. The predicted molar refractivity (Wildman–Crippen MR) is 88.0 cm³/mol. The fourth-order valence-electron chi connectivity index (χ4n) is 2.75. The second kappa shape index (κ2) is 6.40. The fourth-order valence-corrected chi connectivity index (χ4v) is 4.38. The number of piperazine rings is 1. The van der Waals surface area contributed by atoms with Crippen LogP contribution in [0.1, 0.15) is 25.6 Å². The van der Waals surface area contributed by atoms with Gasteiger partial charge in [-0.3, -0.25) is 0 Å². The van der Waals surface area contributed by atoms with Gasteiger partial charge in [-0.05, 0) is 13.3 Å². The van der Waals surface area contributed by atoms with Crippen LogP contribution in [0.4, 0.5) is 5.69 Å². The van der Waals surface area contributed by atoms with Crippen molar-refractivity contribution in [1.82, 2.24) is 24.1 Å². The van der Waals surface area contributed by atoms with E-state index in [1.54, 1.807) is 15.0 Å². The molecule has 23 heavy (non-hydrogen) atoms. The zero-order valence-electron chi connectivity index (χ0n) is 13.5. The van der Waals surface area contributed by atoms with Crippen molar-refractivity contribution >= 4 is 21.4 Å². The van der Waals surface area contributed by atoms with Crippen LogP contribution >= 0.6 is 0 Å². The number of rotatable bonds is 5. The molecule has 8 nitrogen and oxygen atoms in total. The first-order chi connectivity index (χ1) is 11.0. The van der Waals surface area contributed by atoms with Crippen molar-refractivity contribution in [2.75, 3.05) is 36.8 Å². The van der Waals surface area contributed by atoms with Gasteiger partial charge in [0.15, 0.2) is 11.5 Å². The van der Waals surface area contributed by atoms with Crippen LogP contribution < -0.4 is 4.90 Å². The van der Waals surface area contributed by atoms with Crippen molar-refractivity contribution in [3.8, 4) is 0 Å². The molecule has 0 unspecified atom stereocenters. The number of nitrogens with zero attached hydrogens (tertiary/aromatic N) is 6. The van der Waals surface area contributed by atoms with Crippen LogP contribution in [0.2, 0.25) is 0 Å². The van der Waals surface area contributed by atoms with Crippen molar-refractivity contribution in [1.29, 1.82) is 0 Å². The molecule has 126 valence electrons. The van der Waals surface area contributed by atoms with Gasteiger partial charge in [-0.2, -0.15) is 13.9 Å². The van der Waals surface area contributed by atoms with E-state index in [9.17, 15) is 8.42 Å². The molecular formula is C14H22N6O2S. The van der Waals surface area contributed by atoms with E-state index >= 15 is 0 Å². The van der Waals surface area contributed by atoms with Gasteiger partial charge in [0.25, 0.3) is 0 Å². The smallest absolute Gasteiger partial charge is 0.214 e. The van der Waals surface area contributed by atoms with Gasteiger partial charge in [-0.15, -0.1) is 10.2 Å². The summed E-state index contributed by atoms with van der Waals surface area (Å²) in [6.07, 6.45) is 3.39. The second-order valence-corrected chi connectivity index (χ2v) is 7.88. The first kappa shape index (κ1) is 16.1. The fraction of sp³-hybridized carbons (Fsp3) is 0.643. The van der Waals surface area contributed by atoms with Gasteiger partial charge in [0, 0.05) is 32.2 Å². The maximum Gasteiger partial charge on any atom is 0.214 e. The normalized spacial score (nSPS) is 17.0. The highest BCUT2D eigenvalue weighted by Crippen LogP contribution is 2.18. The molecule has 2 aromatic rings. The lowest BCUT2D eigenvalue weighted by molar-refractivity contribution is 0.384. The molecule has 1 saturated heterocycles. The minimum Gasteiger partial charge on any atom is -0.367 e. The second-order valence-electron chi connectivity index (χ2n) is 5.79. The van der Waals surface area contributed by atoms with Crippen molar-refractivity contribution in [2.24, 2.45) is 0 Å². The molecule has 1 fully saturated rings. The van der Waals surface area contributed by atoms with Gasteiger partial charge in [0.2, 0.25) is 10.0 Å². The van der Waals surface area contributed by atoms with E-state index in [-0.39, 0.29) is 5.75 Å². The van der Waals surface area contributed by atoms with Crippen LogP contribution in [0.25, 0.3) is 5.65 Å². The predicted octanol–water partition coefficient (Wildman–Crippen LogP) is 0.685. The Kier molecular flexibility index (Phi) is 4.49. The minimum atomic E-state index is -3.12. The summed E-state index contributed by atoms with van der Waals surface area (Å²) >= 11 is 0. The highest BCUT2D eigenvalue weighted by molar-refractivity contribution is 7.89. The maximum absolute atomic E-state index is 12.2. The largest absolute Gasteiger partial charge is 0.367 e. The molecule has 1 aliphatic heterocycles. The lowest BCUT2D eigenvalue weighted by Crippen LogP contribution is -2.49. The standard InChI is InChI=1S/C14H22N6O2S/c1-3-4-9-23(21,22)19-7-5-18(6-8-19)13-10-14-17-16-12(2)20(14)15-11-13/h10-11H,3-9H2,1-2H3. The van der Waals surface area contributed by atoms with Crippen LogP contribution in [-0.4, -0.2) is 64.5 Å². The average Bonchev–Trinajstić information content (AvgIpc) is 2.94. The van der Waals surface area contributed by atoms with Crippen molar-refractivity contribution in [3.63, 3.8) is 0 Å². The number of sulfonamides is 1. The zero-order valence-corrected chi connectivity index (χ0v) is 14.3. The Morgan fingerprint density at radius 1 is 1.17 bits per heavy atom. The molecule has 1 aliphatic rings. The maximum atomic E-state index is 12.2. The Morgan fingerprint density at radius 3 is 2.61 bits per heavy atom. The van der Waals surface area contributed by atoms with Crippen LogP contribution in [0.3, 0.4) is 0 Å². The number of aryl methyl sites for hydroxylation is 1. The van der Waals surface area contributed by atoms with Crippen molar-refractivity contribution in [2.45, 2.75) is 26.7 Å². The first-order valence-electron chi connectivity index (χ1n) is 7.92. The van der Waals surface area contributed by atoms with Gasteiger partial charge in [-0.25, -0.2) is 8.42 Å². The van der Waals surface area contributed by atoms with E-state index in [0.717, 1.165) is 24.4 Å². The van der Waals surface area contributed by atoms with Crippen LogP contribution in [0.15, 0.2) is 12.3 Å². The van der Waals surface area contributed by atoms with E-state index in [1.807, 2.05) is 19.9 Å². The van der Waals surface area contributed by atoms with Crippen LogP contribution in [0, 0.1) is 6.92 Å². The molecule has 3 rings (SSSR count). The van der Waals surface area contributed by atoms with Crippen molar-refractivity contribution < 1.29 is 8.42 Å². The molecule has 0 aliphatic carbocycles. The monoisotopic (exact) mass is 338 g/mol. The van der Waals surface area contributed by atoms with Gasteiger partial charge in [0.05, 0.1) is 17.6 Å². The summed E-state index contributed by atoms with van der Waals surface area (Å²) in [5, 5.41) is 12.4. The topological polar surface area (TPSA) is 83.7 Å². The molecule has 0 N–H and O–H groups in total. The van der Waals surface area contributed by atoms with Gasteiger partial charge < -0.3 is 4.90 Å². The van der Waals surface area contributed by atoms with Gasteiger partial charge in [-0.1, -0.05) is 13.3 Å². The summed E-state index contributed by atoms with van der Waals surface area (Å²) in [6, 6.07) is 1.94. The highest BCUT2D eigenvalue weighted by atomic mass is 32.2. The summed E-state index contributed by atoms with van der Waals surface area (Å²) < 4.78 is 27.8. The molecule has 0 amide bonds. The van der Waals surface area contributed by atoms with Crippen molar-refractivity contribution in [3.05, 3.63) is 18.1 Å². The van der Waals surface area contributed by atoms with E-state index in [2.05, 4.69) is 20.2 Å². The summed E-state index contributed by atoms with van der Waals surface area (Å²) in [6.45, 7) is 6.22. The number of hydrogen-bond acceptors (Lipinski definition) is 6. The van der Waals surface area contributed by atoms with E-state index in [1.165, 1.54) is 0 Å². The highest BCUT2D eigenvalue weighted by Gasteiger charge is 2.26. The number of unbranched alkanes of at least 4 members (excludes halogenated alkanes) is 1. The zero-order chi connectivity index (χ0) is 16.4. The number of fused-ring (bicyclic) bond motifs is 1. The van der Waals surface area contributed by atoms with Crippen LogP contribution in [0.5, 0.6) is 0 Å². The Labute approximate surface area is 136 Å². The lowest BCUT2D eigenvalue weighted by atomic mass is 10.3. The Hall–Kier alpha value is -1.74. The lowest BCUT2D eigenvalue weighted by Gasteiger charge is -2.35. The summed E-state index contributed by atoms with van der Waals surface area (Å²) in [7, 11) is -3.12. The molecule has 0 bridgehead atoms. The molecule has 0 aromatic carbocycles. The van der Waals surface area contributed by atoms with E-state index in [4.69, 9.17) is 0 Å². The van der Waals surface area contributed by atoms with Gasteiger partial charge in [0.1, 0.15) is 0 Å². The third-order valence-corrected chi connectivity index (χ3v) is 6.11.